The zero-order chi connectivity index (χ0) is 16.9. The summed E-state index contributed by atoms with van der Waals surface area (Å²) in [5, 5.41) is 3.22. The molecular weight excluding hydrogens is 312 g/mol. The van der Waals surface area contributed by atoms with Crippen molar-refractivity contribution in [3.63, 3.8) is 0 Å². The van der Waals surface area contributed by atoms with Crippen LogP contribution in [0.25, 0.3) is 0 Å². The van der Waals surface area contributed by atoms with Crippen LogP contribution < -0.4 is 5.32 Å². The Kier molecular flexibility index (Phi) is 3.92. The third-order valence-electron chi connectivity index (χ3n) is 7.25. The summed E-state index contributed by atoms with van der Waals surface area (Å²) in [5.74, 6) is 4.17. The summed E-state index contributed by atoms with van der Waals surface area (Å²) in [7, 11) is 0. The molecule has 2 heterocycles. The lowest BCUT2D eigenvalue weighted by molar-refractivity contribution is -0.0504. The first kappa shape index (κ1) is 15.9. The van der Waals surface area contributed by atoms with Gasteiger partial charge in [0.05, 0.1) is 6.54 Å². The summed E-state index contributed by atoms with van der Waals surface area (Å²) in [4.78, 5) is 15.0. The minimum Gasteiger partial charge on any atom is -0.455 e. The minimum atomic E-state index is -0.0246. The predicted octanol–water partition coefficient (Wildman–Crippen LogP) is 3.82. The molecule has 25 heavy (non-hydrogen) atoms. The van der Waals surface area contributed by atoms with Gasteiger partial charge in [-0.1, -0.05) is 0 Å². The molecule has 1 aromatic heterocycles. The summed E-state index contributed by atoms with van der Waals surface area (Å²) >= 11 is 0. The van der Waals surface area contributed by atoms with Crippen molar-refractivity contribution < 1.29 is 9.21 Å². The molecule has 5 fully saturated rings. The highest BCUT2D eigenvalue weighted by Crippen LogP contribution is 2.59. The average molecular weight is 342 g/mol. The number of nitrogens with one attached hydrogen (secondary N) is 1. The highest BCUT2D eigenvalue weighted by Gasteiger charge is 2.50. The number of likely N-dealkylation sites (tertiary alicyclic amines) is 1. The number of amides is 1. The fraction of sp³-hybridized carbons (Fsp3) is 0.762. The highest BCUT2D eigenvalue weighted by molar-refractivity contribution is 5.91. The molecule has 4 nitrogen and oxygen atoms in total. The zero-order valence-corrected chi connectivity index (χ0v) is 15.1. The molecule has 1 N–H and O–H groups in total. The number of furan rings is 1. The normalized spacial score (nSPS) is 36.9. The largest absolute Gasteiger partial charge is 0.455 e. The number of carbonyl (C=O) groups is 1. The van der Waals surface area contributed by atoms with Crippen LogP contribution in [-0.4, -0.2) is 30.4 Å². The Balaban J connectivity index is 1.19. The molecule has 0 atom stereocenters. The fourth-order valence-electron chi connectivity index (χ4n) is 6.61. The standard InChI is InChI=1S/C21H30N2O2/c24-20(19-4-3-18(25-19)13-23-5-1-2-6-23)22-14-21-10-15-7-16(11-21)9-17(8-15)12-21/h3-4,15-17H,1-2,5-14H2,(H,22,24). The molecule has 0 spiro atoms. The van der Waals surface area contributed by atoms with Gasteiger partial charge in [0, 0.05) is 6.54 Å². The molecule has 4 heteroatoms. The monoisotopic (exact) mass is 342 g/mol. The summed E-state index contributed by atoms with van der Waals surface area (Å²) < 4.78 is 5.83. The van der Waals surface area contributed by atoms with Gasteiger partial charge in [-0.25, -0.2) is 0 Å². The molecule has 5 aliphatic rings. The van der Waals surface area contributed by atoms with Gasteiger partial charge in [-0.15, -0.1) is 0 Å². The number of rotatable bonds is 5. The summed E-state index contributed by atoms with van der Waals surface area (Å²) in [5.41, 5.74) is 0.384. The maximum Gasteiger partial charge on any atom is 0.287 e. The molecule has 0 aromatic carbocycles. The Bertz CT molecular complexity index is 609. The van der Waals surface area contributed by atoms with E-state index in [1.807, 2.05) is 12.1 Å². The molecule has 0 radical (unpaired) electrons. The number of hydrogen-bond donors (Lipinski definition) is 1. The van der Waals surface area contributed by atoms with Gasteiger partial charge in [0.15, 0.2) is 5.76 Å². The van der Waals surface area contributed by atoms with E-state index in [1.165, 1.54) is 51.4 Å². The van der Waals surface area contributed by atoms with Crippen molar-refractivity contribution in [1.29, 1.82) is 0 Å². The molecule has 4 bridgehead atoms. The van der Waals surface area contributed by atoms with E-state index < -0.39 is 0 Å². The Morgan fingerprint density at radius 3 is 2.36 bits per heavy atom. The van der Waals surface area contributed by atoms with Crippen LogP contribution in [0.3, 0.4) is 0 Å². The van der Waals surface area contributed by atoms with Crippen molar-refractivity contribution in [2.75, 3.05) is 19.6 Å². The first-order valence-electron chi connectivity index (χ1n) is 10.3. The summed E-state index contributed by atoms with van der Waals surface area (Å²) in [6, 6.07) is 3.82. The van der Waals surface area contributed by atoms with Crippen molar-refractivity contribution >= 4 is 5.91 Å². The van der Waals surface area contributed by atoms with E-state index in [0.717, 1.165) is 49.7 Å². The van der Waals surface area contributed by atoms with Crippen LogP contribution in [0, 0.1) is 23.2 Å². The van der Waals surface area contributed by atoms with Crippen molar-refractivity contribution in [1.82, 2.24) is 10.2 Å². The Hall–Kier alpha value is -1.29. The molecule has 136 valence electrons. The van der Waals surface area contributed by atoms with E-state index in [0.29, 0.717) is 11.2 Å². The summed E-state index contributed by atoms with van der Waals surface area (Å²) in [6.45, 7) is 3.97. The average Bonchev–Trinajstić information content (AvgIpc) is 3.24. The van der Waals surface area contributed by atoms with Gasteiger partial charge in [-0.05, 0) is 99.8 Å². The van der Waals surface area contributed by atoms with Crippen LogP contribution in [0.15, 0.2) is 16.5 Å². The smallest absolute Gasteiger partial charge is 0.287 e. The lowest BCUT2D eigenvalue weighted by atomic mass is 9.49. The molecule has 4 aliphatic carbocycles. The van der Waals surface area contributed by atoms with Gasteiger partial charge in [0.25, 0.3) is 5.91 Å². The van der Waals surface area contributed by atoms with Crippen LogP contribution >= 0.6 is 0 Å². The molecule has 1 saturated heterocycles. The van der Waals surface area contributed by atoms with E-state index in [9.17, 15) is 4.79 Å². The molecular formula is C21H30N2O2. The Labute approximate surface area is 150 Å². The van der Waals surface area contributed by atoms with Crippen LogP contribution in [-0.2, 0) is 6.54 Å². The van der Waals surface area contributed by atoms with Gasteiger partial charge >= 0.3 is 0 Å². The Morgan fingerprint density at radius 1 is 1.08 bits per heavy atom. The van der Waals surface area contributed by atoms with Crippen molar-refractivity contribution in [2.45, 2.75) is 57.9 Å². The SMILES string of the molecule is O=C(NCC12CC3CC(CC(C3)C1)C2)c1ccc(CN2CCCC2)o1. The molecule has 1 aliphatic heterocycles. The van der Waals surface area contributed by atoms with Gasteiger partial charge in [0.2, 0.25) is 0 Å². The number of hydrogen-bond acceptors (Lipinski definition) is 3. The van der Waals surface area contributed by atoms with E-state index in [2.05, 4.69) is 10.2 Å². The second-order valence-electron chi connectivity index (χ2n) is 9.35. The maximum absolute atomic E-state index is 12.6. The highest BCUT2D eigenvalue weighted by atomic mass is 16.4. The van der Waals surface area contributed by atoms with E-state index in [-0.39, 0.29) is 5.91 Å². The molecule has 4 saturated carbocycles. The van der Waals surface area contributed by atoms with Crippen molar-refractivity contribution in [3.8, 4) is 0 Å². The fourth-order valence-corrected chi connectivity index (χ4v) is 6.61. The third-order valence-corrected chi connectivity index (χ3v) is 7.25. The van der Waals surface area contributed by atoms with Gasteiger partial charge < -0.3 is 9.73 Å². The topological polar surface area (TPSA) is 45.5 Å². The van der Waals surface area contributed by atoms with Crippen LogP contribution in [0.4, 0.5) is 0 Å². The van der Waals surface area contributed by atoms with Gasteiger partial charge in [-0.3, -0.25) is 9.69 Å². The lowest BCUT2D eigenvalue weighted by Crippen LogP contribution is -2.51. The third kappa shape index (κ3) is 3.14. The van der Waals surface area contributed by atoms with Crippen LogP contribution in [0.5, 0.6) is 0 Å². The first-order chi connectivity index (χ1) is 12.2. The van der Waals surface area contributed by atoms with Crippen LogP contribution in [0.2, 0.25) is 0 Å². The second kappa shape index (κ2) is 6.15. The van der Waals surface area contributed by atoms with Gasteiger partial charge in [-0.2, -0.15) is 0 Å². The van der Waals surface area contributed by atoms with Crippen molar-refractivity contribution in [2.24, 2.45) is 23.2 Å². The number of nitrogens with zero attached hydrogens (tertiary/aromatic N) is 1. The second-order valence-corrected chi connectivity index (χ2v) is 9.35. The number of carbonyl (C=O) groups excluding carboxylic acids is 1. The lowest BCUT2D eigenvalue weighted by Gasteiger charge is -2.56. The Morgan fingerprint density at radius 2 is 1.72 bits per heavy atom. The van der Waals surface area contributed by atoms with E-state index in [1.54, 1.807) is 0 Å². The van der Waals surface area contributed by atoms with Crippen LogP contribution in [0.1, 0.15) is 67.7 Å². The molecule has 6 rings (SSSR count). The van der Waals surface area contributed by atoms with Crippen molar-refractivity contribution in [3.05, 3.63) is 23.7 Å². The predicted molar refractivity (Wildman–Crippen MR) is 96.2 cm³/mol. The quantitative estimate of drug-likeness (QED) is 0.885. The van der Waals surface area contributed by atoms with E-state index in [4.69, 9.17) is 4.42 Å². The minimum absolute atomic E-state index is 0.0246. The zero-order valence-electron chi connectivity index (χ0n) is 15.1. The molecule has 1 amide bonds. The first-order valence-corrected chi connectivity index (χ1v) is 10.3. The summed E-state index contributed by atoms with van der Waals surface area (Å²) in [6.07, 6.45) is 10.9. The maximum atomic E-state index is 12.6. The molecule has 1 aromatic rings. The van der Waals surface area contributed by atoms with E-state index >= 15 is 0 Å². The molecule has 0 unspecified atom stereocenters. The van der Waals surface area contributed by atoms with Gasteiger partial charge in [0.1, 0.15) is 5.76 Å².